The fourth-order valence-electron chi connectivity index (χ4n) is 2.41. The molecule has 0 aliphatic rings. The minimum atomic E-state index is -0.506. The number of rotatable bonds is 7. The van der Waals surface area contributed by atoms with Gasteiger partial charge in [0.2, 0.25) is 0 Å². The molecule has 0 heterocycles. The standard InChI is InChI=1S/C22H18BrClN2O4/c23-19-12-17(24)8-11-20(19)30-14-21(27)25-26-22(28)16-6-9-18(10-7-16)29-13-15-4-2-1-3-5-15/h1-12H,13-14H2,(H,25,27)(H,26,28). The Bertz CT molecular complexity index is 1010. The number of carbonyl (C=O) groups is 2. The zero-order valence-corrected chi connectivity index (χ0v) is 18.1. The Balaban J connectivity index is 1.43. The van der Waals surface area contributed by atoms with Gasteiger partial charge in [-0.3, -0.25) is 20.4 Å². The predicted octanol–water partition coefficient (Wildman–Crippen LogP) is 4.52. The van der Waals surface area contributed by atoms with Crippen molar-refractivity contribution in [2.24, 2.45) is 0 Å². The first-order valence-corrected chi connectivity index (χ1v) is 10.1. The minimum absolute atomic E-state index is 0.271. The van der Waals surface area contributed by atoms with Crippen molar-refractivity contribution in [1.82, 2.24) is 10.9 Å². The summed E-state index contributed by atoms with van der Waals surface area (Å²) in [5, 5.41) is 0.544. The van der Waals surface area contributed by atoms with Crippen LogP contribution in [0.25, 0.3) is 0 Å². The molecule has 30 heavy (non-hydrogen) atoms. The summed E-state index contributed by atoms with van der Waals surface area (Å²) < 4.78 is 11.7. The molecule has 0 radical (unpaired) electrons. The van der Waals surface area contributed by atoms with Gasteiger partial charge in [0.05, 0.1) is 4.47 Å². The number of nitrogens with one attached hydrogen (secondary N) is 2. The van der Waals surface area contributed by atoms with Gasteiger partial charge in [-0.05, 0) is 64.0 Å². The Morgan fingerprint density at radius 1 is 0.900 bits per heavy atom. The second-order valence-corrected chi connectivity index (χ2v) is 7.46. The van der Waals surface area contributed by atoms with Gasteiger partial charge in [0, 0.05) is 10.6 Å². The molecular formula is C22H18BrClN2O4. The Morgan fingerprint density at radius 3 is 2.33 bits per heavy atom. The van der Waals surface area contributed by atoms with Crippen molar-refractivity contribution in [2.45, 2.75) is 6.61 Å². The third-order valence-corrected chi connectivity index (χ3v) is 4.79. The van der Waals surface area contributed by atoms with Crippen LogP contribution in [0.5, 0.6) is 11.5 Å². The highest BCUT2D eigenvalue weighted by Gasteiger charge is 2.09. The van der Waals surface area contributed by atoms with E-state index in [2.05, 4.69) is 26.8 Å². The molecule has 0 saturated heterocycles. The first-order chi connectivity index (χ1) is 14.5. The molecule has 0 atom stereocenters. The average molecular weight is 490 g/mol. The number of hydrogen-bond donors (Lipinski definition) is 2. The lowest BCUT2D eigenvalue weighted by molar-refractivity contribution is -0.123. The van der Waals surface area contributed by atoms with Crippen LogP contribution in [0, 0.1) is 0 Å². The zero-order chi connectivity index (χ0) is 21.3. The van der Waals surface area contributed by atoms with Crippen LogP contribution in [-0.4, -0.2) is 18.4 Å². The van der Waals surface area contributed by atoms with Crippen LogP contribution in [0.2, 0.25) is 5.02 Å². The van der Waals surface area contributed by atoms with E-state index in [0.717, 1.165) is 5.56 Å². The van der Waals surface area contributed by atoms with E-state index in [0.29, 0.717) is 33.2 Å². The fourth-order valence-corrected chi connectivity index (χ4v) is 3.21. The third kappa shape index (κ3) is 6.50. The molecule has 3 rings (SSSR count). The van der Waals surface area contributed by atoms with Gasteiger partial charge in [0.1, 0.15) is 18.1 Å². The van der Waals surface area contributed by atoms with E-state index in [9.17, 15) is 9.59 Å². The van der Waals surface area contributed by atoms with Crippen LogP contribution in [0.1, 0.15) is 15.9 Å². The molecule has 2 N–H and O–H groups in total. The number of halogens is 2. The molecular weight excluding hydrogens is 472 g/mol. The lowest BCUT2D eigenvalue weighted by Crippen LogP contribution is -2.43. The molecule has 3 aromatic rings. The maximum Gasteiger partial charge on any atom is 0.276 e. The van der Waals surface area contributed by atoms with E-state index in [4.69, 9.17) is 21.1 Å². The van der Waals surface area contributed by atoms with E-state index < -0.39 is 11.8 Å². The second-order valence-electron chi connectivity index (χ2n) is 6.16. The molecule has 0 bridgehead atoms. The number of carbonyl (C=O) groups excluding carboxylic acids is 2. The molecule has 154 valence electrons. The number of hydrazine groups is 1. The minimum Gasteiger partial charge on any atom is -0.489 e. The van der Waals surface area contributed by atoms with Crippen molar-refractivity contribution in [3.8, 4) is 11.5 Å². The van der Waals surface area contributed by atoms with E-state index >= 15 is 0 Å². The van der Waals surface area contributed by atoms with Crippen LogP contribution in [0.15, 0.2) is 77.3 Å². The highest BCUT2D eigenvalue weighted by atomic mass is 79.9. The van der Waals surface area contributed by atoms with E-state index in [-0.39, 0.29) is 6.61 Å². The monoisotopic (exact) mass is 488 g/mol. The van der Waals surface area contributed by atoms with Crippen LogP contribution < -0.4 is 20.3 Å². The van der Waals surface area contributed by atoms with Gasteiger partial charge in [-0.2, -0.15) is 0 Å². The summed E-state index contributed by atoms with van der Waals surface area (Å²) in [6.45, 7) is 0.166. The maximum absolute atomic E-state index is 12.2. The third-order valence-electron chi connectivity index (χ3n) is 3.93. The smallest absolute Gasteiger partial charge is 0.276 e. The molecule has 0 spiro atoms. The summed E-state index contributed by atoms with van der Waals surface area (Å²) in [5.74, 6) is 0.145. The van der Waals surface area contributed by atoms with Gasteiger partial charge in [-0.25, -0.2) is 0 Å². The van der Waals surface area contributed by atoms with Crippen molar-refractivity contribution in [1.29, 1.82) is 0 Å². The quantitative estimate of drug-likeness (QED) is 0.478. The molecule has 3 aromatic carbocycles. The fraction of sp³-hybridized carbons (Fsp3) is 0.0909. The number of hydrogen-bond acceptors (Lipinski definition) is 4. The topological polar surface area (TPSA) is 76.7 Å². The predicted molar refractivity (Wildman–Crippen MR) is 117 cm³/mol. The molecule has 0 fully saturated rings. The van der Waals surface area contributed by atoms with Crippen molar-refractivity contribution in [3.05, 3.63) is 93.4 Å². The van der Waals surface area contributed by atoms with Crippen molar-refractivity contribution in [2.75, 3.05) is 6.61 Å². The normalized spacial score (nSPS) is 10.2. The van der Waals surface area contributed by atoms with Crippen LogP contribution in [0.4, 0.5) is 0 Å². The molecule has 0 unspecified atom stereocenters. The number of amides is 2. The SMILES string of the molecule is O=C(COc1ccc(Cl)cc1Br)NNC(=O)c1ccc(OCc2ccccc2)cc1. The Kier molecular flexibility index (Phi) is 7.70. The molecule has 8 heteroatoms. The van der Waals surface area contributed by atoms with E-state index in [1.54, 1.807) is 42.5 Å². The summed E-state index contributed by atoms with van der Waals surface area (Å²) in [6.07, 6.45) is 0. The number of benzene rings is 3. The molecule has 0 aliphatic heterocycles. The summed E-state index contributed by atoms with van der Waals surface area (Å²) in [5.41, 5.74) is 6.08. The summed E-state index contributed by atoms with van der Waals surface area (Å²) in [7, 11) is 0. The summed E-state index contributed by atoms with van der Waals surface area (Å²) >= 11 is 9.16. The van der Waals surface area contributed by atoms with Gasteiger partial charge in [-0.1, -0.05) is 41.9 Å². The first-order valence-electron chi connectivity index (χ1n) is 8.95. The van der Waals surface area contributed by atoms with Crippen LogP contribution in [-0.2, 0) is 11.4 Å². The highest BCUT2D eigenvalue weighted by molar-refractivity contribution is 9.10. The zero-order valence-electron chi connectivity index (χ0n) is 15.7. The van der Waals surface area contributed by atoms with Gasteiger partial charge in [0.15, 0.2) is 6.61 Å². The molecule has 0 aromatic heterocycles. The lowest BCUT2D eigenvalue weighted by atomic mass is 10.2. The van der Waals surface area contributed by atoms with Crippen molar-refractivity contribution in [3.63, 3.8) is 0 Å². The van der Waals surface area contributed by atoms with Crippen molar-refractivity contribution >= 4 is 39.3 Å². The second kappa shape index (κ2) is 10.7. The van der Waals surface area contributed by atoms with Gasteiger partial charge in [-0.15, -0.1) is 0 Å². The van der Waals surface area contributed by atoms with E-state index in [1.165, 1.54) is 0 Å². The maximum atomic E-state index is 12.2. The Labute approximate surface area is 187 Å². The van der Waals surface area contributed by atoms with E-state index in [1.807, 2.05) is 30.3 Å². The Morgan fingerprint density at radius 2 is 1.63 bits per heavy atom. The van der Waals surface area contributed by atoms with Crippen LogP contribution in [0.3, 0.4) is 0 Å². The molecule has 0 saturated carbocycles. The Hall–Kier alpha value is -3.03. The van der Waals surface area contributed by atoms with Crippen molar-refractivity contribution < 1.29 is 19.1 Å². The van der Waals surface area contributed by atoms with Crippen LogP contribution >= 0.6 is 27.5 Å². The molecule has 6 nitrogen and oxygen atoms in total. The van der Waals surface area contributed by atoms with Gasteiger partial charge < -0.3 is 9.47 Å². The highest BCUT2D eigenvalue weighted by Crippen LogP contribution is 2.27. The molecule has 0 aliphatic carbocycles. The largest absolute Gasteiger partial charge is 0.489 e. The average Bonchev–Trinajstić information content (AvgIpc) is 2.76. The summed E-state index contributed by atoms with van der Waals surface area (Å²) in [6, 6.07) is 21.3. The first kappa shape index (κ1) is 21.7. The lowest BCUT2D eigenvalue weighted by Gasteiger charge is -2.10. The van der Waals surface area contributed by atoms with Gasteiger partial charge >= 0.3 is 0 Å². The summed E-state index contributed by atoms with van der Waals surface area (Å²) in [4.78, 5) is 24.1. The number of ether oxygens (including phenoxy) is 2. The van der Waals surface area contributed by atoms with Gasteiger partial charge in [0.25, 0.3) is 11.8 Å². The molecule has 2 amide bonds.